The van der Waals surface area contributed by atoms with Crippen molar-refractivity contribution in [2.45, 2.75) is 31.3 Å². The fourth-order valence-electron chi connectivity index (χ4n) is 6.36. The van der Waals surface area contributed by atoms with Gasteiger partial charge < -0.3 is 5.32 Å². The van der Waals surface area contributed by atoms with Gasteiger partial charge in [-0.3, -0.25) is 29.4 Å². The van der Waals surface area contributed by atoms with Gasteiger partial charge in [-0.15, -0.1) is 0 Å². The molecular weight excluding hydrogens is 431 g/mol. The van der Waals surface area contributed by atoms with Crippen molar-refractivity contribution in [2.24, 2.45) is 11.8 Å². The molecule has 0 saturated carbocycles. The lowest BCUT2D eigenvalue weighted by Gasteiger charge is -2.36. The number of rotatable bonds is 2. The number of nitrogens with one attached hydrogen (secondary N) is 1. The normalized spacial score (nSPS) is 30.1. The number of imide groups is 1. The van der Waals surface area contributed by atoms with E-state index < -0.39 is 45.8 Å². The van der Waals surface area contributed by atoms with E-state index in [1.165, 1.54) is 36.4 Å². The number of carbonyl (C=O) groups is 3. The highest BCUT2D eigenvalue weighted by molar-refractivity contribution is 6.26. The fraction of sp³-hybridized carbons (Fsp3) is 0.348. The van der Waals surface area contributed by atoms with Gasteiger partial charge in [0, 0.05) is 29.4 Å². The summed E-state index contributed by atoms with van der Waals surface area (Å²) < 4.78 is 14.3. The Balaban J connectivity index is 1.56. The van der Waals surface area contributed by atoms with Gasteiger partial charge in [0.25, 0.3) is 5.69 Å². The smallest absolute Gasteiger partial charge is 0.271 e. The van der Waals surface area contributed by atoms with Gasteiger partial charge in [0.05, 0.1) is 22.4 Å². The van der Waals surface area contributed by atoms with Crippen LogP contribution in [0.25, 0.3) is 0 Å². The minimum Gasteiger partial charge on any atom is -0.324 e. The summed E-state index contributed by atoms with van der Waals surface area (Å²) in [7, 11) is 0. The molecule has 3 saturated heterocycles. The molecule has 3 fully saturated rings. The first-order valence-corrected chi connectivity index (χ1v) is 10.8. The van der Waals surface area contributed by atoms with Crippen LogP contribution in [-0.4, -0.2) is 40.1 Å². The van der Waals surface area contributed by atoms with Crippen LogP contribution in [0.5, 0.6) is 0 Å². The predicted molar refractivity (Wildman–Crippen MR) is 114 cm³/mol. The minimum absolute atomic E-state index is 0.145. The lowest BCUT2D eigenvalue weighted by atomic mass is 9.75. The predicted octanol–water partition coefficient (Wildman–Crippen LogP) is 2.47. The van der Waals surface area contributed by atoms with E-state index in [9.17, 15) is 28.9 Å². The van der Waals surface area contributed by atoms with Crippen molar-refractivity contribution in [2.75, 3.05) is 16.8 Å². The zero-order valence-electron chi connectivity index (χ0n) is 17.6. The summed E-state index contributed by atoms with van der Waals surface area (Å²) in [5.41, 5.74) is -0.257. The number of nitro benzene ring substituents is 1. The number of halogens is 1. The number of fused-ring (bicyclic) bond motifs is 7. The first kappa shape index (κ1) is 20.0. The van der Waals surface area contributed by atoms with Gasteiger partial charge in [-0.2, -0.15) is 0 Å². The molecule has 4 aliphatic heterocycles. The summed E-state index contributed by atoms with van der Waals surface area (Å²) in [4.78, 5) is 54.8. The molecule has 10 heteroatoms. The van der Waals surface area contributed by atoms with E-state index >= 15 is 0 Å². The number of aryl methyl sites for hydroxylation is 1. The molecule has 4 heterocycles. The molecule has 4 aliphatic rings. The molecule has 1 N–H and O–H groups in total. The van der Waals surface area contributed by atoms with Gasteiger partial charge in [-0.1, -0.05) is 6.07 Å². The Hall–Kier alpha value is -3.66. The molecule has 4 unspecified atom stereocenters. The fourth-order valence-corrected chi connectivity index (χ4v) is 6.36. The molecule has 2 aromatic carbocycles. The second-order valence-corrected chi connectivity index (χ2v) is 9.06. The van der Waals surface area contributed by atoms with Crippen LogP contribution in [0.1, 0.15) is 24.0 Å². The maximum atomic E-state index is 14.3. The molecule has 3 amide bonds. The van der Waals surface area contributed by atoms with Crippen molar-refractivity contribution < 1.29 is 23.7 Å². The van der Waals surface area contributed by atoms with Crippen molar-refractivity contribution >= 4 is 34.8 Å². The van der Waals surface area contributed by atoms with Gasteiger partial charge in [-0.05, 0) is 50.1 Å². The van der Waals surface area contributed by atoms with E-state index in [4.69, 9.17) is 0 Å². The maximum absolute atomic E-state index is 14.3. The lowest BCUT2D eigenvalue weighted by molar-refractivity contribution is -0.384. The summed E-state index contributed by atoms with van der Waals surface area (Å²) in [6.07, 6.45) is 1.37. The van der Waals surface area contributed by atoms with Crippen molar-refractivity contribution in [3.8, 4) is 0 Å². The zero-order valence-corrected chi connectivity index (χ0v) is 17.6. The molecule has 168 valence electrons. The van der Waals surface area contributed by atoms with Crippen LogP contribution in [0.15, 0.2) is 36.4 Å². The Morgan fingerprint density at radius 3 is 2.70 bits per heavy atom. The third-order valence-corrected chi connectivity index (χ3v) is 7.60. The third-order valence-electron chi connectivity index (χ3n) is 7.60. The molecule has 0 aromatic heterocycles. The monoisotopic (exact) mass is 450 g/mol. The Kier molecular flexibility index (Phi) is 3.90. The van der Waals surface area contributed by atoms with Crippen LogP contribution in [0.3, 0.4) is 0 Å². The number of non-ortho nitro benzene ring substituents is 1. The van der Waals surface area contributed by atoms with Crippen LogP contribution < -0.4 is 10.2 Å². The van der Waals surface area contributed by atoms with Gasteiger partial charge in [0.2, 0.25) is 17.7 Å². The topological polar surface area (TPSA) is 113 Å². The maximum Gasteiger partial charge on any atom is 0.271 e. The Labute approximate surface area is 187 Å². The number of hydrogen-bond donors (Lipinski definition) is 1. The van der Waals surface area contributed by atoms with E-state index in [1.54, 1.807) is 6.92 Å². The van der Waals surface area contributed by atoms with Crippen LogP contribution in [0.2, 0.25) is 0 Å². The van der Waals surface area contributed by atoms with Crippen LogP contribution in [-0.2, 0) is 19.9 Å². The van der Waals surface area contributed by atoms with Gasteiger partial charge >= 0.3 is 0 Å². The standard InChI is InChI=1S/C23H19FN4O5/c1-11-4-6-13(28(32)33)10-17(11)27-20(29)18-16-3-2-8-26(16)23(19(18)21(27)30)14-9-12(24)5-7-15(14)25-22(23)31/h4-7,9-10,16,18-19H,2-3,8H2,1H3,(H,25,31). The summed E-state index contributed by atoms with van der Waals surface area (Å²) in [6.45, 7) is 2.18. The molecule has 2 aromatic rings. The number of carbonyl (C=O) groups excluding carboxylic acids is 3. The van der Waals surface area contributed by atoms with E-state index in [0.29, 0.717) is 29.8 Å². The van der Waals surface area contributed by atoms with E-state index in [2.05, 4.69) is 5.32 Å². The Bertz CT molecular complexity index is 1300. The van der Waals surface area contributed by atoms with Crippen molar-refractivity contribution in [3.05, 3.63) is 63.5 Å². The first-order valence-electron chi connectivity index (χ1n) is 10.8. The second kappa shape index (κ2) is 6.44. The van der Waals surface area contributed by atoms with Gasteiger partial charge in [-0.25, -0.2) is 9.29 Å². The highest BCUT2D eigenvalue weighted by atomic mass is 19.1. The van der Waals surface area contributed by atoms with Crippen molar-refractivity contribution in [1.82, 2.24) is 4.90 Å². The Morgan fingerprint density at radius 2 is 1.94 bits per heavy atom. The summed E-state index contributed by atoms with van der Waals surface area (Å²) in [5, 5.41) is 14.1. The van der Waals surface area contributed by atoms with Crippen LogP contribution in [0, 0.1) is 34.7 Å². The summed E-state index contributed by atoms with van der Waals surface area (Å²) >= 11 is 0. The lowest BCUT2D eigenvalue weighted by Crippen LogP contribution is -2.54. The minimum atomic E-state index is -1.49. The largest absolute Gasteiger partial charge is 0.324 e. The molecule has 9 nitrogen and oxygen atoms in total. The zero-order chi connectivity index (χ0) is 23.2. The van der Waals surface area contributed by atoms with E-state index in [0.717, 1.165) is 11.3 Å². The Morgan fingerprint density at radius 1 is 1.15 bits per heavy atom. The quantitative estimate of drug-likeness (QED) is 0.427. The van der Waals surface area contributed by atoms with E-state index in [1.807, 2.05) is 4.90 Å². The molecule has 1 spiro atoms. The summed E-state index contributed by atoms with van der Waals surface area (Å²) in [5.74, 6) is -3.88. The van der Waals surface area contributed by atoms with E-state index in [-0.39, 0.29) is 17.4 Å². The molecule has 33 heavy (non-hydrogen) atoms. The number of hydrogen-bond acceptors (Lipinski definition) is 6. The molecule has 0 radical (unpaired) electrons. The highest BCUT2D eigenvalue weighted by Crippen LogP contribution is 2.60. The van der Waals surface area contributed by atoms with Crippen molar-refractivity contribution in [1.29, 1.82) is 0 Å². The average Bonchev–Trinajstić information content (AvgIpc) is 3.47. The SMILES string of the molecule is Cc1ccc([N+](=O)[O-])cc1N1C(=O)C2C3CCCN3C3(C(=O)Nc4ccc(F)cc43)C2C1=O. The molecule has 4 atom stereocenters. The van der Waals surface area contributed by atoms with Crippen LogP contribution >= 0.6 is 0 Å². The second-order valence-electron chi connectivity index (χ2n) is 9.06. The molecule has 0 aliphatic carbocycles. The molecule has 0 bridgehead atoms. The van der Waals surface area contributed by atoms with Gasteiger partial charge in [0.15, 0.2) is 0 Å². The number of anilines is 2. The average molecular weight is 450 g/mol. The molecule has 6 rings (SSSR count). The number of benzene rings is 2. The highest BCUT2D eigenvalue weighted by Gasteiger charge is 2.74. The van der Waals surface area contributed by atoms with Gasteiger partial charge in [0.1, 0.15) is 11.4 Å². The summed E-state index contributed by atoms with van der Waals surface area (Å²) in [6, 6.07) is 7.65. The number of nitro groups is 1. The van der Waals surface area contributed by atoms with Crippen LogP contribution in [0.4, 0.5) is 21.5 Å². The number of nitrogens with zero attached hydrogens (tertiary/aromatic N) is 3. The third kappa shape index (κ3) is 2.31. The molecular formula is C23H19FN4O5. The van der Waals surface area contributed by atoms with Crippen molar-refractivity contribution in [3.63, 3.8) is 0 Å². The first-order chi connectivity index (χ1) is 15.8. The number of amides is 3.